The van der Waals surface area contributed by atoms with Gasteiger partial charge in [0.1, 0.15) is 17.7 Å². The lowest BCUT2D eigenvalue weighted by atomic mass is 9.79. The van der Waals surface area contributed by atoms with E-state index < -0.39 is 16.1 Å². The number of anilines is 1. The molecule has 1 aromatic heterocycles. The van der Waals surface area contributed by atoms with E-state index in [4.69, 9.17) is 0 Å². The van der Waals surface area contributed by atoms with Crippen LogP contribution in [-0.4, -0.2) is 35.7 Å². The van der Waals surface area contributed by atoms with Gasteiger partial charge in [-0.2, -0.15) is 0 Å². The van der Waals surface area contributed by atoms with Gasteiger partial charge in [0.05, 0.1) is 23.0 Å². The van der Waals surface area contributed by atoms with Gasteiger partial charge in [-0.15, -0.1) is 0 Å². The Morgan fingerprint density at radius 3 is 2.64 bits per heavy atom. The van der Waals surface area contributed by atoms with E-state index in [0.717, 1.165) is 6.26 Å². The number of fused-ring (bicyclic) bond motifs is 1. The largest absolute Gasteiger partial charge is 0.385 e. The molecular formula is C23H27FN4O4S. The molecule has 10 heteroatoms. The predicted molar refractivity (Wildman–Crippen MR) is 123 cm³/mol. The zero-order valence-electron chi connectivity index (χ0n) is 18.2. The van der Waals surface area contributed by atoms with E-state index in [-0.39, 0.29) is 30.1 Å². The molecule has 2 aromatic carbocycles. The van der Waals surface area contributed by atoms with Gasteiger partial charge in [0.25, 0.3) is 0 Å². The maximum absolute atomic E-state index is 13.7. The lowest BCUT2D eigenvalue weighted by Gasteiger charge is -2.30. The third-order valence-electron chi connectivity index (χ3n) is 6.08. The number of sulfonamides is 1. The van der Waals surface area contributed by atoms with Crippen molar-refractivity contribution in [1.29, 1.82) is 0 Å². The van der Waals surface area contributed by atoms with Crippen LogP contribution in [-0.2, 0) is 21.4 Å². The lowest BCUT2D eigenvalue weighted by molar-refractivity contribution is -0.126. The van der Waals surface area contributed by atoms with E-state index in [9.17, 15) is 22.7 Å². The summed E-state index contributed by atoms with van der Waals surface area (Å²) in [4.78, 5) is 20.1. The normalized spacial score (nSPS) is 19.8. The van der Waals surface area contributed by atoms with Crippen molar-refractivity contribution in [3.05, 3.63) is 59.7 Å². The Morgan fingerprint density at radius 1 is 1.21 bits per heavy atom. The molecule has 0 aliphatic heterocycles. The van der Waals surface area contributed by atoms with Gasteiger partial charge in [-0.3, -0.25) is 9.52 Å². The van der Waals surface area contributed by atoms with E-state index in [1.165, 1.54) is 6.07 Å². The summed E-state index contributed by atoms with van der Waals surface area (Å²) in [6, 6.07) is 11.3. The standard InChI is InChI=1S/C23H27FN4O4S/c1-33(31,32)28-17-10-11-19-20(12-17)27-22(26-19)21(29)14-6-8-15(9-7-14)23(30)25-13-16-4-2-3-5-18(16)24/h2-5,10-12,14-15,21,28-29H,6-9,13H2,1H3,(H,25,30)(H,26,27). The van der Waals surface area contributed by atoms with Crippen molar-refractivity contribution >= 4 is 32.7 Å². The molecule has 1 fully saturated rings. The second-order valence-electron chi connectivity index (χ2n) is 8.59. The van der Waals surface area contributed by atoms with Crippen LogP contribution in [0.15, 0.2) is 42.5 Å². The highest BCUT2D eigenvalue weighted by atomic mass is 32.2. The van der Waals surface area contributed by atoms with Gasteiger partial charge >= 0.3 is 0 Å². The van der Waals surface area contributed by atoms with Gasteiger partial charge in [-0.1, -0.05) is 18.2 Å². The molecule has 3 aromatic rings. The van der Waals surface area contributed by atoms with Crippen LogP contribution in [0.3, 0.4) is 0 Å². The summed E-state index contributed by atoms with van der Waals surface area (Å²) >= 11 is 0. The average Bonchev–Trinajstić information content (AvgIpc) is 3.20. The van der Waals surface area contributed by atoms with Crippen LogP contribution in [0.4, 0.5) is 10.1 Å². The first-order valence-corrected chi connectivity index (χ1v) is 12.8. The molecule has 1 atom stereocenters. The molecule has 1 saturated carbocycles. The molecule has 0 saturated heterocycles. The number of aromatic nitrogens is 2. The maximum atomic E-state index is 13.7. The van der Waals surface area contributed by atoms with Gasteiger partial charge in [-0.25, -0.2) is 17.8 Å². The summed E-state index contributed by atoms with van der Waals surface area (Å²) < 4.78 is 39.0. The highest BCUT2D eigenvalue weighted by Gasteiger charge is 2.32. The van der Waals surface area contributed by atoms with Gasteiger partial charge in [0.2, 0.25) is 15.9 Å². The molecule has 1 aliphatic carbocycles. The molecule has 1 amide bonds. The number of amides is 1. The first-order chi connectivity index (χ1) is 15.7. The predicted octanol–water partition coefficient (Wildman–Crippen LogP) is 3.23. The Morgan fingerprint density at radius 2 is 1.94 bits per heavy atom. The summed E-state index contributed by atoms with van der Waals surface area (Å²) in [6.45, 7) is 0.156. The van der Waals surface area contributed by atoms with Crippen LogP contribution in [0.5, 0.6) is 0 Å². The lowest BCUT2D eigenvalue weighted by Crippen LogP contribution is -2.34. The first kappa shape index (κ1) is 23.2. The molecule has 1 aliphatic rings. The number of hydrogen-bond acceptors (Lipinski definition) is 5. The topological polar surface area (TPSA) is 124 Å². The number of hydrogen-bond donors (Lipinski definition) is 4. The van der Waals surface area contributed by atoms with Crippen molar-refractivity contribution in [3.8, 4) is 0 Å². The number of aliphatic hydroxyl groups excluding tert-OH is 1. The summed E-state index contributed by atoms with van der Waals surface area (Å²) in [7, 11) is -3.39. The molecule has 0 radical (unpaired) electrons. The van der Waals surface area contributed by atoms with Crippen LogP contribution < -0.4 is 10.0 Å². The van der Waals surface area contributed by atoms with Crippen LogP contribution in [0.25, 0.3) is 11.0 Å². The fourth-order valence-corrected chi connectivity index (χ4v) is 4.89. The number of halogens is 1. The van der Waals surface area contributed by atoms with E-state index in [1.807, 2.05) is 0 Å². The minimum absolute atomic E-state index is 0.0465. The number of carbonyl (C=O) groups excluding carboxylic acids is 1. The number of rotatable bonds is 7. The first-order valence-electron chi connectivity index (χ1n) is 10.9. The third-order valence-corrected chi connectivity index (χ3v) is 6.69. The Labute approximate surface area is 191 Å². The molecule has 1 unspecified atom stereocenters. The minimum Gasteiger partial charge on any atom is -0.385 e. The fourth-order valence-electron chi connectivity index (χ4n) is 4.34. The molecule has 0 spiro atoms. The van der Waals surface area contributed by atoms with Crippen LogP contribution in [0.1, 0.15) is 43.2 Å². The van der Waals surface area contributed by atoms with Crippen LogP contribution in [0, 0.1) is 17.7 Å². The monoisotopic (exact) mass is 474 g/mol. The molecular weight excluding hydrogens is 447 g/mol. The van der Waals surface area contributed by atoms with Gasteiger partial charge in [-0.05, 0) is 55.9 Å². The highest BCUT2D eigenvalue weighted by molar-refractivity contribution is 7.92. The summed E-state index contributed by atoms with van der Waals surface area (Å²) in [5.74, 6) is -0.222. The minimum atomic E-state index is -3.39. The van der Waals surface area contributed by atoms with Gasteiger partial charge < -0.3 is 15.4 Å². The Kier molecular flexibility index (Phi) is 6.66. The van der Waals surface area contributed by atoms with E-state index >= 15 is 0 Å². The molecule has 33 heavy (non-hydrogen) atoms. The number of aliphatic hydroxyl groups is 1. The fraction of sp³-hybridized carbons (Fsp3) is 0.391. The number of aromatic amines is 1. The van der Waals surface area contributed by atoms with Gasteiger partial charge in [0.15, 0.2) is 0 Å². The van der Waals surface area contributed by atoms with Gasteiger partial charge in [0, 0.05) is 18.0 Å². The van der Waals surface area contributed by atoms with E-state index in [2.05, 4.69) is 20.0 Å². The Hall–Kier alpha value is -2.98. The van der Waals surface area contributed by atoms with E-state index in [1.54, 1.807) is 36.4 Å². The van der Waals surface area contributed by atoms with Crippen molar-refractivity contribution < 1.29 is 22.7 Å². The number of benzene rings is 2. The van der Waals surface area contributed by atoms with Crippen LogP contribution >= 0.6 is 0 Å². The maximum Gasteiger partial charge on any atom is 0.229 e. The van der Waals surface area contributed by atoms with Crippen molar-refractivity contribution in [1.82, 2.24) is 15.3 Å². The number of H-pyrrole nitrogens is 1. The molecule has 1 heterocycles. The van der Waals surface area contributed by atoms with Crippen molar-refractivity contribution in [2.75, 3.05) is 11.0 Å². The summed E-state index contributed by atoms with van der Waals surface area (Å²) in [5, 5.41) is 13.7. The van der Waals surface area contributed by atoms with Crippen molar-refractivity contribution in [2.24, 2.45) is 11.8 Å². The highest BCUT2D eigenvalue weighted by Crippen LogP contribution is 2.37. The second kappa shape index (κ2) is 9.48. The Balaban J connectivity index is 1.34. The van der Waals surface area contributed by atoms with Crippen LogP contribution in [0.2, 0.25) is 0 Å². The summed E-state index contributed by atoms with van der Waals surface area (Å²) in [5.41, 5.74) is 2.12. The quantitative estimate of drug-likeness (QED) is 0.419. The zero-order chi connectivity index (χ0) is 23.6. The molecule has 0 bridgehead atoms. The SMILES string of the molecule is CS(=O)(=O)Nc1ccc2nc(C(O)C3CCC(C(=O)NCc4ccccc4F)CC3)[nH]c2c1. The summed E-state index contributed by atoms with van der Waals surface area (Å²) in [6.07, 6.45) is 2.86. The number of nitrogens with zero attached hydrogens (tertiary/aromatic N) is 1. The number of imidazole rings is 1. The second-order valence-corrected chi connectivity index (χ2v) is 10.3. The van der Waals surface area contributed by atoms with Crippen molar-refractivity contribution in [3.63, 3.8) is 0 Å². The molecule has 176 valence electrons. The Bertz CT molecular complexity index is 1250. The third kappa shape index (κ3) is 5.69. The molecule has 4 rings (SSSR count). The molecule has 4 N–H and O–H groups in total. The molecule has 8 nitrogen and oxygen atoms in total. The smallest absolute Gasteiger partial charge is 0.229 e. The van der Waals surface area contributed by atoms with E-state index in [0.29, 0.717) is 53.8 Å². The van der Waals surface area contributed by atoms with Crippen molar-refractivity contribution in [2.45, 2.75) is 38.3 Å². The average molecular weight is 475 g/mol. The zero-order valence-corrected chi connectivity index (χ0v) is 19.0. The number of carbonyl (C=O) groups is 1. The number of nitrogens with one attached hydrogen (secondary N) is 3.